The molecule has 0 radical (unpaired) electrons. The van der Waals surface area contributed by atoms with Crippen LogP contribution in [0.1, 0.15) is 23.6 Å². The number of nitriles is 1. The summed E-state index contributed by atoms with van der Waals surface area (Å²) in [5.41, 5.74) is 2.31. The number of esters is 1. The number of hydrogen-bond donors (Lipinski definition) is 0. The molecule has 0 fully saturated rings. The van der Waals surface area contributed by atoms with E-state index in [1.165, 1.54) is 6.08 Å². The Kier molecular flexibility index (Phi) is 5.96. The first kappa shape index (κ1) is 16.3. The van der Waals surface area contributed by atoms with Gasteiger partial charge in [-0.05, 0) is 48.4 Å². The average Bonchev–Trinajstić information content (AvgIpc) is 2.60. The smallest absolute Gasteiger partial charge is 0.331 e. The summed E-state index contributed by atoms with van der Waals surface area (Å²) in [7, 11) is 0. The summed E-state index contributed by atoms with van der Waals surface area (Å²) in [4.78, 5) is 11.7. The minimum atomic E-state index is -0.414. The van der Waals surface area contributed by atoms with Gasteiger partial charge in [0.15, 0.2) is 0 Å². The zero-order valence-corrected chi connectivity index (χ0v) is 12.9. The Balaban J connectivity index is 1.84. The zero-order valence-electron chi connectivity index (χ0n) is 12.9. The second-order valence-electron chi connectivity index (χ2n) is 4.75. The zero-order chi connectivity index (χ0) is 16.5. The van der Waals surface area contributed by atoms with Crippen LogP contribution in [0.15, 0.2) is 54.6 Å². The van der Waals surface area contributed by atoms with Crippen molar-refractivity contribution in [2.45, 2.75) is 13.5 Å². The van der Waals surface area contributed by atoms with Crippen molar-refractivity contribution < 1.29 is 14.3 Å². The SMILES string of the molecule is CCOc1ccc(/C=C/C(=O)OCc2ccc(C#N)cc2)cc1. The predicted octanol–water partition coefficient (Wildman–Crippen LogP) is 3.71. The van der Waals surface area contributed by atoms with Gasteiger partial charge in [-0.3, -0.25) is 0 Å². The van der Waals surface area contributed by atoms with Crippen molar-refractivity contribution >= 4 is 12.0 Å². The van der Waals surface area contributed by atoms with Crippen molar-refractivity contribution in [3.63, 3.8) is 0 Å². The second-order valence-corrected chi connectivity index (χ2v) is 4.75. The molecule has 0 aliphatic rings. The number of carbonyl (C=O) groups excluding carboxylic acids is 1. The first-order chi connectivity index (χ1) is 11.2. The Morgan fingerprint density at radius 1 is 1.13 bits per heavy atom. The number of carbonyl (C=O) groups is 1. The first-order valence-electron chi connectivity index (χ1n) is 7.28. The largest absolute Gasteiger partial charge is 0.494 e. The van der Waals surface area contributed by atoms with E-state index < -0.39 is 5.97 Å². The molecule has 0 aliphatic carbocycles. The van der Waals surface area contributed by atoms with Gasteiger partial charge in [0.25, 0.3) is 0 Å². The minimum Gasteiger partial charge on any atom is -0.494 e. The molecular weight excluding hydrogens is 290 g/mol. The fourth-order valence-electron chi connectivity index (χ4n) is 1.88. The molecular formula is C19H17NO3. The summed E-state index contributed by atoms with van der Waals surface area (Å²) in [5, 5.41) is 8.72. The van der Waals surface area contributed by atoms with Gasteiger partial charge in [0.05, 0.1) is 18.2 Å². The summed E-state index contributed by atoms with van der Waals surface area (Å²) >= 11 is 0. The fraction of sp³-hybridized carbons (Fsp3) is 0.158. The van der Waals surface area contributed by atoms with Crippen LogP contribution < -0.4 is 4.74 Å². The lowest BCUT2D eigenvalue weighted by Gasteiger charge is -2.03. The molecule has 0 saturated heterocycles. The van der Waals surface area contributed by atoms with E-state index in [1.807, 2.05) is 37.3 Å². The molecule has 116 valence electrons. The van der Waals surface area contributed by atoms with Gasteiger partial charge in [0.2, 0.25) is 0 Å². The molecule has 0 spiro atoms. The van der Waals surface area contributed by atoms with E-state index in [-0.39, 0.29) is 6.61 Å². The van der Waals surface area contributed by atoms with Gasteiger partial charge in [-0.2, -0.15) is 5.26 Å². The molecule has 2 aromatic carbocycles. The van der Waals surface area contributed by atoms with E-state index in [0.29, 0.717) is 12.2 Å². The summed E-state index contributed by atoms with van der Waals surface area (Å²) < 4.78 is 10.5. The fourth-order valence-corrected chi connectivity index (χ4v) is 1.88. The van der Waals surface area contributed by atoms with E-state index in [2.05, 4.69) is 0 Å². The van der Waals surface area contributed by atoms with Crippen LogP contribution in [0, 0.1) is 11.3 Å². The molecule has 0 amide bonds. The lowest BCUT2D eigenvalue weighted by Crippen LogP contribution is -2.00. The van der Waals surface area contributed by atoms with Gasteiger partial charge in [-0.15, -0.1) is 0 Å². The molecule has 0 atom stereocenters. The molecule has 4 heteroatoms. The molecule has 0 saturated carbocycles. The van der Waals surface area contributed by atoms with Crippen molar-refractivity contribution in [3.05, 3.63) is 71.3 Å². The number of nitrogens with zero attached hydrogens (tertiary/aromatic N) is 1. The summed E-state index contributed by atoms with van der Waals surface area (Å²) in [6.07, 6.45) is 3.08. The van der Waals surface area contributed by atoms with Gasteiger partial charge in [0, 0.05) is 6.08 Å². The molecule has 23 heavy (non-hydrogen) atoms. The van der Waals surface area contributed by atoms with Gasteiger partial charge in [0.1, 0.15) is 12.4 Å². The van der Waals surface area contributed by atoms with E-state index in [1.54, 1.807) is 30.3 Å². The van der Waals surface area contributed by atoms with Gasteiger partial charge in [-0.25, -0.2) is 4.79 Å². The number of ether oxygens (including phenoxy) is 2. The average molecular weight is 307 g/mol. The first-order valence-corrected chi connectivity index (χ1v) is 7.28. The van der Waals surface area contributed by atoms with Crippen LogP contribution in [-0.2, 0) is 16.1 Å². The lowest BCUT2D eigenvalue weighted by molar-refractivity contribution is -0.138. The maximum Gasteiger partial charge on any atom is 0.331 e. The van der Waals surface area contributed by atoms with Crippen LogP contribution in [0.2, 0.25) is 0 Å². The molecule has 0 heterocycles. The highest BCUT2D eigenvalue weighted by Crippen LogP contribution is 2.13. The van der Waals surface area contributed by atoms with Crippen LogP contribution >= 0.6 is 0 Å². The van der Waals surface area contributed by atoms with Crippen molar-refractivity contribution in [2.24, 2.45) is 0 Å². The molecule has 2 aromatic rings. The van der Waals surface area contributed by atoms with Gasteiger partial charge in [-0.1, -0.05) is 24.3 Å². The molecule has 0 bridgehead atoms. The minimum absolute atomic E-state index is 0.179. The number of hydrogen-bond acceptors (Lipinski definition) is 4. The molecule has 0 unspecified atom stereocenters. The van der Waals surface area contributed by atoms with Crippen LogP contribution in [-0.4, -0.2) is 12.6 Å². The maximum absolute atomic E-state index is 11.7. The van der Waals surface area contributed by atoms with Crippen molar-refractivity contribution in [1.82, 2.24) is 0 Å². The Morgan fingerprint density at radius 2 is 1.83 bits per heavy atom. The third-order valence-corrected chi connectivity index (χ3v) is 3.07. The lowest BCUT2D eigenvalue weighted by atomic mass is 10.2. The highest BCUT2D eigenvalue weighted by Gasteiger charge is 2.00. The van der Waals surface area contributed by atoms with Crippen molar-refractivity contribution in [2.75, 3.05) is 6.61 Å². The third-order valence-electron chi connectivity index (χ3n) is 3.07. The predicted molar refractivity (Wildman–Crippen MR) is 87.6 cm³/mol. The Morgan fingerprint density at radius 3 is 2.43 bits per heavy atom. The second kappa shape index (κ2) is 8.40. The highest BCUT2D eigenvalue weighted by atomic mass is 16.5. The maximum atomic E-state index is 11.7. The monoisotopic (exact) mass is 307 g/mol. The Bertz CT molecular complexity index is 710. The molecule has 0 aliphatic heterocycles. The summed E-state index contributed by atoms with van der Waals surface area (Å²) in [6.45, 7) is 2.73. The quantitative estimate of drug-likeness (QED) is 0.603. The Labute approximate surface area is 135 Å². The Hall–Kier alpha value is -3.06. The standard InChI is InChI=1S/C19H17NO3/c1-2-22-18-10-7-15(8-11-18)9-12-19(21)23-14-17-5-3-16(13-20)4-6-17/h3-12H,2,14H2,1H3/b12-9+. The molecule has 0 aromatic heterocycles. The molecule has 4 nitrogen and oxygen atoms in total. The van der Waals surface area contributed by atoms with E-state index >= 15 is 0 Å². The van der Waals surface area contributed by atoms with Crippen LogP contribution in [0.4, 0.5) is 0 Å². The van der Waals surface area contributed by atoms with Crippen LogP contribution in [0.25, 0.3) is 6.08 Å². The summed E-state index contributed by atoms with van der Waals surface area (Å²) in [6, 6.07) is 16.4. The van der Waals surface area contributed by atoms with Gasteiger partial charge < -0.3 is 9.47 Å². The van der Waals surface area contributed by atoms with Crippen LogP contribution in [0.3, 0.4) is 0 Å². The highest BCUT2D eigenvalue weighted by molar-refractivity contribution is 5.87. The van der Waals surface area contributed by atoms with Gasteiger partial charge >= 0.3 is 5.97 Å². The number of benzene rings is 2. The normalized spacial score (nSPS) is 10.3. The van der Waals surface area contributed by atoms with Crippen molar-refractivity contribution in [3.8, 4) is 11.8 Å². The molecule has 2 rings (SSSR count). The van der Waals surface area contributed by atoms with Crippen LogP contribution in [0.5, 0.6) is 5.75 Å². The van der Waals surface area contributed by atoms with E-state index in [4.69, 9.17) is 14.7 Å². The molecule has 0 N–H and O–H groups in total. The third kappa shape index (κ3) is 5.33. The van der Waals surface area contributed by atoms with Crippen molar-refractivity contribution in [1.29, 1.82) is 5.26 Å². The number of rotatable bonds is 6. The topological polar surface area (TPSA) is 59.3 Å². The van der Waals surface area contributed by atoms with E-state index in [0.717, 1.165) is 16.9 Å². The summed E-state index contributed by atoms with van der Waals surface area (Å²) in [5.74, 6) is 0.385. The van der Waals surface area contributed by atoms with E-state index in [9.17, 15) is 4.79 Å².